The molecule has 2 saturated heterocycles. The van der Waals surface area contributed by atoms with Crippen LogP contribution in [0.1, 0.15) is 44.1 Å². The Balaban J connectivity index is 1.34. The summed E-state index contributed by atoms with van der Waals surface area (Å²) in [7, 11) is 0. The molecule has 2 bridgehead atoms. The van der Waals surface area contributed by atoms with E-state index in [4.69, 9.17) is 12.2 Å². The van der Waals surface area contributed by atoms with E-state index in [1.54, 1.807) is 0 Å². The molecule has 4 heteroatoms. The van der Waals surface area contributed by atoms with E-state index in [0.29, 0.717) is 6.04 Å². The molecule has 4 rings (SSSR count). The predicted octanol–water partition coefficient (Wildman–Crippen LogP) is 3.44. The van der Waals surface area contributed by atoms with Crippen LogP contribution in [0.4, 0.5) is 5.69 Å². The number of nitrogens with zero attached hydrogens (tertiary/aromatic N) is 1. The lowest BCUT2D eigenvalue weighted by molar-refractivity contribution is 0.114. The first kappa shape index (κ1) is 14.5. The molecule has 3 aliphatic rings. The van der Waals surface area contributed by atoms with E-state index in [1.807, 2.05) is 6.07 Å². The van der Waals surface area contributed by atoms with Crippen molar-refractivity contribution in [2.24, 2.45) is 0 Å². The molecule has 22 heavy (non-hydrogen) atoms. The van der Waals surface area contributed by atoms with Gasteiger partial charge in [0.2, 0.25) is 0 Å². The van der Waals surface area contributed by atoms with Gasteiger partial charge in [0, 0.05) is 29.9 Å². The van der Waals surface area contributed by atoms with E-state index >= 15 is 0 Å². The summed E-state index contributed by atoms with van der Waals surface area (Å²) in [5, 5.41) is 7.71. The van der Waals surface area contributed by atoms with Gasteiger partial charge in [0.1, 0.15) is 0 Å². The molecule has 0 amide bonds. The van der Waals surface area contributed by atoms with Crippen LogP contribution in [0, 0.1) is 6.92 Å². The molecule has 1 unspecified atom stereocenters. The average molecular weight is 315 g/mol. The number of aryl methyl sites for hydroxylation is 1. The van der Waals surface area contributed by atoms with Crippen LogP contribution < -0.4 is 10.6 Å². The lowest BCUT2D eigenvalue weighted by Crippen LogP contribution is -2.51. The van der Waals surface area contributed by atoms with Crippen LogP contribution in [0.5, 0.6) is 0 Å². The van der Waals surface area contributed by atoms with E-state index in [-0.39, 0.29) is 0 Å². The molecular weight excluding hydrogens is 290 g/mol. The minimum Gasteiger partial charge on any atom is -0.360 e. The average Bonchev–Trinajstić information content (AvgIpc) is 3.28. The van der Waals surface area contributed by atoms with Gasteiger partial charge < -0.3 is 10.6 Å². The molecular formula is C18H25N3S. The van der Waals surface area contributed by atoms with Gasteiger partial charge in [-0.1, -0.05) is 18.2 Å². The van der Waals surface area contributed by atoms with Gasteiger partial charge in [-0.2, -0.15) is 0 Å². The van der Waals surface area contributed by atoms with Crippen molar-refractivity contribution in [1.29, 1.82) is 0 Å². The monoisotopic (exact) mass is 315 g/mol. The number of nitrogens with one attached hydrogen (secondary N) is 2. The maximum atomic E-state index is 5.53. The fraction of sp³-hybridized carbons (Fsp3) is 0.611. The van der Waals surface area contributed by atoms with Crippen molar-refractivity contribution in [1.82, 2.24) is 10.2 Å². The highest BCUT2D eigenvalue weighted by molar-refractivity contribution is 7.80. The van der Waals surface area contributed by atoms with Gasteiger partial charge in [-0.15, -0.1) is 0 Å². The van der Waals surface area contributed by atoms with Crippen molar-refractivity contribution in [2.45, 2.75) is 69.6 Å². The second kappa shape index (κ2) is 5.82. The number of hydrogen-bond acceptors (Lipinski definition) is 2. The summed E-state index contributed by atoms with van der Waals surface area (Å²) in [6, 6.07) is 11.3. The van der Waals surface area contributed by atoms with Gasteiger partial charge in [-0.3, -0.25) is 4.90 Å². The molecule has 3 nitrogen and oxygen atoms in total. The van der Waals surface area contributed by atoms with Gasteiger partial charge in [-0.05, 0) is 69.3 Å². The molecule has 2 aliphatic heterocycles. The highest BCUT2D eigenvalue weighted by Crippen LogP contribution is 2.43. The van der Waals surface area contributed by atoms with Gasteiger partial charge in [0.05, 0.1) is 0 Å². The molecule has 0 spiro atoms. The lowest BCUT2D eigenvalue weighted by atomic mass is 9.97. The smallest absolute Gasteiger partial charge is 0.171 e. The number of hydrogen-bond donors (Lipinski definition) is 2. The molecule has 1 saturated carbocycles. The van der Waals surface area contributed by atoms with Crippen LogP contribution in [0.3, 0.4) is 0 Å². The Morgan fingerprint density at radius 2 is 1.68 bits per heavy atom. The molecule has 0 aromatic heterocycles. The van der Waals surface area contributed by atoms with Gasteiger partial charge in [-0.25, -0.2) is 0 Å². The number of rotatable bonds is 3. The van der Waals surface area contributed by atoms with E-state index in [9.17, 15) is 0 Å². The third kappa shape index (κ3) is 2.86. The molecule has 1 aromatic rings. The van der Waals surface area contributed by atoms with Crippen LogP contribution in [0.15, 0.2) is 24.3 Å². The number of anilines is 1. The second-order valence-corrected chi connectivity index (χ2v) is 7.55. The first-order valence-corrected chi connectivity index (χ1v) is 9.02. The zero-order valence-corrected chi connectivity index (χ0v) is 14.0. The van der Waals surface area contributed by atoms with Crippen LogP contribution in [0.2, 0.25) is 0 Å². The SMILES string of the molecule is Cc1ccccc1NC(=S)NC1C[C@H]2CC[C@@H](C1)N2C1CC1. The second-order valence-electron chi connectivity index (χ2n) is 7.15. The molecule has 2 heterocycles. The Bertz CT molecular complexity index is 555. The zero-order chi connectivity index (χ0) is 15.1. The normalized spacial score (nSPS) is 31.0. The predicted molar refractivity (Wildman–Crippen MR) is 95.2 cm³/mol. The van der Waals surface area contributed by atoms with Crippen LogP contribution in [0.25, 0.3) is 0 Å². The van der Waals surface area contributed by atoms with Crippen molar-refractivity contribution in [2.75, 3.05) is 5.32 Å². The van der Waals surface area contributed by atoms with Crippen molar-refractivity contribution < 1.29 is 0 Å². The summed E-state index contributed by atoms with van der Waals surface area (Å²) in [4.78, 5) is 2.83. The van der Waals surface area contributed by atoms with Crippen LogP contribution in [-0.2, 0) is 0 Å². The number of thiocarbonyl (C=S) groups is 1. The molecule has 3 fully saturated rings. The van der Waals surface area contributed by atoms with Gasteiger partial charge in [0.25, 0.3) is 0 Å². The summed E-state index contributed by atoms with van der Waals surface area (Å²) in [6.07, 6.45) is 8.14. The molecule has 3 atom stereocenters. The number of fused-ring (bicyclic) bond motifs is 2. The van der Waals surface area contributed by atoms with E-state index in [0.717, 1.165) is 28.9 Å². The van der Waals surface area contributed by atoms with Gasteiger partial charge >= 0.3 is 0 Å². The molecule has 118 valence electrons. The fourth-order valence-corrected chi connectivity index (χ4v) is 4.63. The Kier molecular flexibility index (Phi) is 3.82. The first-order chi connectivity index (χ1) is 10.7. The number of para-hydroxylation sites is 1. The third-order valence-electron chi connectivity index (χ3n) is 5.49. The highest BCUT2D eigenvalue weighted by atomic mass is 32.1. The highest BCUT2D eigenvalue weighted by Gasteiger charge is 2.46. The number of benzene rings is 1. The molecule has 1 aromatic carbocycles. The van der Waals surface area contributed by atoms with E-state index in [1.165, 1.54) is 44.1 Å². The van der Waals surface area contributed by atoms with Crippen molar-refractivity contribution >= 4 is 23.0 Å². The van der Waals surface area contributed by atoms with Gasteiger partial charge in [0.15, 0.2) is 5.11 Å². The summed E-state index contributed by atoms with van der Waals surface area (Å²) in [5.74, 6) is 0. The third-order valence-corrected chi connectivity index (χ3v) is 5.71. The Labute approximate surface area is 138 Å². The van der Waals surface area contributed by atoms with Crippen molar-refractivity contribution in [3.05, 3.63) is 29.8 Å². The van der Waals surface area contributed by atoms with Crippen LogP contribution >= 0.6 is 12.2 Å². The number of piperidine rings is 1. The molecule has 0 radical (unpaired) electrons. The topological polar surface area (TPSA) is 27.3 Å². The zero-order valence-electron chi connectivity index (χ0n) is 13.2. The largest absolute Gasteiger partial charge is 0.360 e. The van der Waals surface area contributed by atoms with Crippen molar-refractivity contribution in [3.63, 3.8) is 0 Å². The standard InChI is InChI=1S/C18H25N3S/c1-12-4-2-3-5-17(12)20-18(22)19-13-10-15-8-9-16(11-13)21(15)14-6-7-14/h2-5,13-16H,6-11H2,1H3,(H2,19,20,22)/t13?,15-,16+. The maximum Gasteiger partial charge on any atom is 0.171 e. The van der Waals surface area contributed by atoms with Crippen molar-refractivity contribution in [3.8, 4) is 0 Å². The summed E-state index contributed by atoms with van der Waals surface area (Å²) in [5.41, 5.74) is 2.34. The minimum absolute atomic E-state index is 0.538. The summed E-state index contributed by atoms with van der Waals surface area (Å²) >= 11 is 5.53. The Hall–Kier alpha value is -1.13. The van der Waals surface area contributed by atoms with E-state index in [2.05, 4.69) is 40.7 Å². The summed E-state index contributed by atoms with van der Waals surface area (Å²) < 4.78 is 0. The Morgan fingerprint density at radius 3 is 2.32 bits per heavy atom. The lowest BCUT2D eigenvalue weighted by Gasteiger charge is -2.39. The quantitative estimate of drug-likeness (QED) is 0.836. The fourth-order valence-electron chi connectivity index (χ4n) is 4.36. The molecule has 1 aliphatic carbocycles. The minimum atomic E-state index is 0.538. The Morgan fingerprint density at radius 1 is 1.05 bits per heavy atom. The van der Waals surface area contributed by atoms with Crippen LogP contribution in [-0.4, -0.2) is 34.2 Å². The first-order valence-electron chi connectivity index (χ1n) is 8.61. The maximum absolute atomic E-state index is 5.53. The van der Waals surface area contributed by atoms with E-state index < -0.39 is 0 Å². The summed E-state index contributed by atoms with van der Waals surface area (Å²) in [6.45, 7) is 2.11. The molecule has 2 N–H and O–H groups in total.